The fourth-order valence-electron chi connectivity index (χ4n) is 1.95. The lowest BCUT2D eigenvalue weighted by molar-refractivity contribution is -0.137. The summed E-state index contributed by atoms with van der Waals surface area (Å²) in [6.07, 6.45) is -4.34. The van der Waals surface area contributed by atoms with E-state index in [1.54, 1.807) is 6.07 Å². The lowest BCUT2D eigenvalue weighted by atomic mass is 10.2. The normalized spacial score (nSPS) is 12.0. The van der Waals surface area contributed by atoms with Gasteiger partial charge in [0.2, 0.25) is 0 Å². The molecule has 2 aromatic carbocycles. The van der Waals surface area contributed by atoms with E-state index < -0.39 is 11.7 Å². The molecule has 0 bridgehead atoms. The molecule has 0 heterocycles. The fourth-order valence-corrected chi connectivity index (χ4v) is 2.87. The van der Waals surface area contributed by atoms with Crippen molar-refractivity contribution < 1.29 is 17.6 Å². The van der Waals surface area contributed by atoms with E-state index in [9.17, 15) is 17.6 Å². The van der Waals surface area contributed by atoms with Crippen LogP contribution in [0.2, 0.25) is 0 Å². The molecular weight excluding hydrogens is 314 g/mol. The van der Waals surface area contributed by atoms with E-state index in [2.05, 4.69) is 0 Å². The summed E-state index contributed by atoms with van der Waals surface area (Å²) in [5.41, 5.74) is 0.124. The van der Waals surface area contributed by atoms with Crippen LogP contribution in [0.1, 0.15) is 11.1 Å². The Morgan fingerprint density at radius 2 is 1.64 bits per heavy atom. The Morgan fingerprint density at radius 3 is 2.18 bits per heavy atom. The number of halogens is 4. The maximum absolute atomic E-state index is 13.4. The van der Waals surface area contributed by atoms with Crippen molar-refractivity contribution >= 4 is 11.8 Å². The van der Waals surface area contributed by atoms with Crippen molar-refractivity contribution in [2.75, 3.05) is 14.1 Å². The topological polar surface area (TPSA) is 3.24 Å². The Morgan fingerprint density at radius 1 is 1.00 bits per heavy atom. The summed E-state index contributed by atoms with van der Waals surface area (Å²) in [6, 6.07) is 9.41. The zero-order valence-electron chi connectivity index (χ0n) is 12.1. The van der Waals surface area contributed by atoms with Gasteiger partial charge < -0.3 is 4.90 Å². The molecule has 0 aliphatic heterocycles. The van der Waals surface area contributed by atoms with E-state index >= 15 is 0 Å². The van der Waals surface area contributed by atoms with Crippen LogP contribution in [0.5, 0.6) is 0 Å². The summed E-state index contributed by atoms with van der Waals surface area (Å²) in [6.45, 7) is 0.556. The van der Waals surface area contributed by atoms with E-state index in [1.807, 2.05) is 19.0 Å². The van der Waals surface area contributed by atoms with Gasteiger partial charge in [-0.15, -0.1) is 0 Å². The fraction of sp³-hybridized carbons (Fsp3) is 0.250. The molecule has 0 aliphatic carbocycles. The van der Waals surface area contributed by atoms with Crippen LogP contribution >= 0.6 is 11.8 Å². The second-order valence-corrected chi connectivity index (χ2v) is 6.23. The molecule has 0 saturated carbocycles. The van der Waals surface area contributed by atoms with Gasteiger partial charge >= 0.3 is 6.18 Å². The molecule has 2 aromatic rings. The first-order valence-electron chi connectivity index (χ1n) is 6.54. The molecule has 0 amide bonds. The SMILES string of the molecule is CN(C)Cc1cc(F)ccc1Sc1ccc(C(F)(F)F)cc1. The van der Waals surface area contributed by atoms with E-state index in [4.69, 9.17) is 0 Å². The largest absolute Gasteiger partial charge is 0.416 e. The second-order valence-electron chi connectivity index (χ2n) is 5.11. The maximum Gasteiger partial charge on any atom is 0.416 e. The molecular formula is C16H15F4NS. The van der Waals surface area contributed by atoms with Crippen molar-refractivity contribution in [3.8, 4) is 0 Å². The van der Waals surface area contributed by atoms with Crippen LogP contribution < -0.4 is 0 Å². The van der Waals surface area contributed by atoms with Crippen molar-refractivity contribution in [2.45, 2.75) is 22.5 Å². The second kappa shape index (κ2) is 6.71. The van der Waals surface area contributed by atoms with Crippen LogP contribution in [0.3, 0.4) is 0 Å². The molecule has 6 heteroatoms. The Balaban J connectivity index is 2.23. The Hall–Kier alpha value is -1.53. The van der Waals surface area contributed by atoms with Crippen LogP contribution in [0.25, 0.3) is 0 Å². The number of rotatable bonds is 4. The molecule has 0 saturated heterocycles. The maximum atomic E-state index is 13.4. The molecule has 0 unspecified atom stereocenters. The van der Waals surface area contributed by atoms with Gasteiger partial charge in [0.05, 0.1) is 5.56 Å². The summed E-state index contributed by atoms with van der Waals surface area (Å²) in [5.74, 6) is -0.325. The third-order valence-corrected chi connectivity index (χ3v) is 4.04. The van der Waals surface area contributed by atoms with E-state index in [0.717, 1.165) is 22.6 Å². The minimum Gasteiger partial charge on any atom is -0.305 e. The summed E-state index contributed by atoms with van der Waals surface area (Å²) in [5, 5.41) is 0. The highest BCUT2D eigenvalue weighted by molar-refractivity contribution is 7.99. The van der Waals surface area contributed by atoms with Crippen LogP contribution in [0.15, 0.2) is 52.3 Å². The van der Waals surface area contributed by atoms with Crippen molar-refractivity contribution in [1.29, 1.82) is 0 Å². The first kappa shape index (κ1) is 16.8. The quantitative estimate of drug-likeness (QED) is 0.722. The van der Waals surface area contributed by atoms with E-state index in [0.29, 0.717) is 11.4 Å². The van der Waals surface area contributed by atoms with Crippen molar-refractivity contribution in [3.05, 3.63) is 59.4 Å². The number of alkyl halides is 3. The average Bonchev–Trinajstić information content (AvgIpc) is 2.41. The number of hydrogen-bond donors (Lipinski definition) is 0. The zero-order chi connectivity index (χ0) is 16.3. The molecule has 2 rings (SSSR count). The molecule has 0 fully saturated rings. The van der Waals surface area contributed by atoms with Gasteiger partial charge in [-0.25, -0.2) is 4.39 Å². The molecule has 118 valence electrons. The van der Waals surface area contributed by atoms with E-state index in [-0.39, 0.29) is 5.82 Å². The van der Waals surface area contributed by atoms with Gasteiger partial charge in [0, 0.05) is 16.3 Å². The Bertz CT molecular complexity index is 636. The van der Waals surface area contributed by atoms with Crippen molar-refractivity contribution in [3.63, 3.8) is 0 Å². The predicted molar refractivity (Wildman–Crippen MR) is 79.4 cm³/mol. The lowest BCUT2D eigenvalue weighted by Crippen LogP contribution is -2.11. The van der Waals surface area contributed by atoms with Crippen molar-refractivity contribution in [2.24, 2.45) is 0 Å². The van der Waals surface area contributed by atoms with Gasteiger partial charge in [0.1, 0.15) is 5.82 Å². The molecule has 22 heavy (non-hydrogen) atoms. The summed E-state index contributed by atoms with van der Waals surface area (Å²) < 4.78 is 51.0. The Labute approximate surface area is 130 Å². The van der Waals surface area contributed by atoms with Gasteiger partial charge in [-0.2, -0.15) is 13.2 Å². The average molecular weight is 329 g/mol. The number of hydrogen-bond acceptors (Lipinski definition) is 2. The predicted octanol–water partition coefficient (Wildman–Crippen LogP) is 5.06. The minimum absolute atomic E-state index is 0.325. The van der Waals surface area contributed by atoms with Gasteiger partial charge in [-0.3, -0.25) is 0 Å². The zero-order valence-corrected chi connectivity index (χ0v) is 12.9. The molecule has 0 N–H and O–H groups in total. The highest BCUT2D eigenvalue weighted by atomic mass is 32.2. The highest BCUT2D eigenvalue weighted by Crippen LogP contribution is 2.34. The van der Waals surface area contributed by atoms with Gasteiger partial charge in [0.25, 0.3) is 0 Å². The first-order chi connectivity index (χ1) is 10.3. The first-order valence-corrected chi connectivity index (χ1v) is 7.35. The number of nitrogens with zero attached hydrogens (tertiary/aromatic N) is 1. The van der Waals surface area contributed by atoms with Crippen LogP contribution in [-0.4, -0.2) is 19.0 Å². The van der Waals surface area contributed by atoms with Crippen molar-refractivity contribution in [1.82, 2.24) is 4.90 Å². The number of benzene rings is 2. The summed E-state index contributed by atoms with van der Waals surface area (Å²) in [7, 11) is 3.74. The molecule has 0 aliphatic rings. The van der Waals surface area contributed by atoms with Gasteiger partial charge in [-0.05, 0) is 62.1 Å². The summed E-state index contributed by atoms with van der Waals surface area (Å²) >= 11 is 1.32. The van der Waals surface area contributed by atoms with Gasteiger partial charge in [0.15, 0.2) is 0 Å². The third-order valence-electron chi connectivity index (χ3n) is 2.92. The molecule has 0 atom stereocenters. The van der Waals surface area contributed by atoms with Crippen LogP contribution in [0, 0.1) is 5.82 Å². The van der Waals surface area contributed by atoms with Crippen LogP contribution in [0.4, 0.5) is 17.6 Å². The molecule has 1 nitrogen and oxygen atoms in total. The Kier molecular flexibility index (Phi) is 5.13. The van der Waals surface area contributed by atoms with E-state index in [1.165, 1.54) is 36.0 Å². The van der Waals surface area contributed by atoms with Crippen LogP contribution in [-0.2, 0) is 12.7 Å². The standard InChI is InChI=1S/C16H15F4NS/c1-21(2)10-11-9-13(17)5-8-15(11)22-14-6-3-12(4-7-14)16(18,19)20/h3-9H,10H2,1-2H3. The molecule has 0 radical (unpaired) electrons. The summed E-state index contributed by atoms with van der Waals surface area (Å²) in [4.78, 5) is 3.42. The third kappa shape index (κ3) is 4.48. The molecule has 0 aromatic heterocycles. The smallest absolute Gasteiger partial charge is 0.305 e. The monoisotopic (exact) mass is 329 g/mol. The van der Waals surface area contributed by atoms with Gasteiger partial charge in [-0.1, -0.05) is 11.8 Å². The highest BCUT2D eigenvalue weighted by Gasteiger charge is 2.29. The molecule has 0 spiro atoms. The lowest BCUT2D eigenvalue weighted by Gasteiger charge is -2.14. The minimum atomic E-state index is -4.34.